The number of amides is 1. The Hall–Kier alpha value is -0.610. The molecule has 2 N–H and O–H groups in total. The van der Waals surface area contributed by atoms with Gasteiger partial charge in [-0.25, -0.2) is 0 Å². The molecule has 10 heavy (non-hydrogen) atoms. The molecule has 0 radical (unpaired) electrons. The fourth-order valence-corrected chi connectivity index (χ4v) is 1.07. The van der Waals surface area contributed by atoms with Crippen LogP contribution in [0.5, 0.6) is 0 Å². The van der Waals surface area contributed by atoms with Crippen LogP contribution in [-0.4, -0.2) is 46.8 Å². The number of hydrogen-bond acceptors (Lipinski definition) is 3. The molecule has 1 atom stereocenters. The second-order valence-corrected chi connectivity index (χ2v) is 2.44. The van der Waals surface area contributed by atoms with Gasteiger partial charge in [0.15, 0.2) is 0 Å². The Morgan fingerprint density at radius 3 is 2.80 bits per heavy atom. The molecule has 0 saturated carbocycles. The highest BCUT2D eigenvalue weighted by Crippen LogP contribution is 2.07. The van der Waals surface area contributed by atoms with Crippen LogP contribution in [0, 0.1) is 0 Å². The van der Waals surface area contributed by atoms with Crippen molar-refractivity contribution >= 4 is 5.91 Å². The van der Waals surface area contributed by atoms with E-state index >= 15 is 0 Å². The van der Waals surface area contributed by atoms with Crippen LogP contribution in [0.2, 0.25) is 0 Å². The lowest BCUT2D eigenvalue weighted by molar-refractivity contribution is -0.133. The Morgan fingerprint density at radius 1 is 1.70 bits per heavy atom. The van der Waals surface area contributed by atoms with Crippen molar-refractivity contribution in [1.29, 1.82) is 0 Å². The predicted molar refractivity (Wildman–Crippen MR) is 34.3 cm³/mol. The molecule has 1 aliphatic heterocycles. The fourth-order valence-electron chi connectivity index (χ4n) is 1.07. The average molecular weight is 145 g/mol. The first-order valence-electron chi connectivity index (χ1n) is 3.30. The zero-order valence-electron chi connectivity index (χ0n) is 5.66. The summed E-state index contributed by atoms with van der Waals surface area (Å²) in [6.07, 6.45) is 0.238. The van der Waals surface area contributed by atoms with E-state index in [1.165, 1.54) is 4.90 Å². The number of carbonyl (C=O) groups is 1. The Morgan fingerprint density at radius 2 is 2.40 bits per heavy atom. The van der Waals surface area contributed by atoms with Crippen LogP contribution < -0.4 is 0 Å². The first-order chi connectivity index (χ1) is 4.74. The molecule has 1 amide bonds. The normalized spacial score (nSPS) is 25.4. The molecule has 4 heteroatoms. The second kappa shape index (κ2) is 2.98. The molecule has 1 heterocycles. The summed E-state index contributed by atoms with van der Waals surface area (Å²) in [4.78, 5) is 12.2. The number of likely N-dealkylation sites (tertiary alicyclic amines) is 1. The lowest BCUT2D eigenvalue weighted by Gasteiger charge is -2.12. The van der Waals surface area contributed by atoms with Gasteiger partial charge in [0.1, 0.15) is 6.61 Å². The monoisotopic (exact) mass is 145 g/mol. The van der Waals surface area contributed by atoms with Crippen LogP contribution in [-0.2, 0) is 4.79 Å². The van der Waals surface area contributed by atoms with Crippen molar-refractivity contribution in [3.05, 3.63) is 0 Å². The van der Waals surface area contributed by atoms with Gasteiger partial charge in [-0.05, 0) is 6.42 Å². The van der Waals surface area contributed by atoms with Crippen molar-refractivity contribution in [2.45, 2.75) is 12.5 Å². The Labute approximate surface area is 59.1 Å². The van der Waals surface area contributed by atoms with E-state index < -0.39 is 12.7 Å². The van der Waals surface area contributed by atoms with E-state index in [4.69, 9.17) is 10.2 Å². The summed E-state index contributed by atoms with van der Waals surface area (Å²) >= 11 is 0. The average Bonchev–Trinajstić information content (AvgIpc) is 2.34. The van der Waals surface area contributed by atoms with Crippen LogP contribution in [0.15, 0.2) is 0 Å². The van der Waals surface area contributed by atoms with Gasteiger partial charge in [0, 0.05) is 13.1 Å². The van der Waals surface area contributed by atoms with Crippen molar-refractivity contribution in [3.63, 3.8) is 0 Å². The molecule has 1 aliphatic rings. The molecular weight excluding hydrogens is 134 g/mol. The third kappa shape index (κ3) is 1.46. The highest BCUT2D eigenvalue weighted by atomic mass is 16.3. The van der Waals surface area contributed by atoms with Crippen LogP contribution in [0.3, 0.4) is 0 Å². The van der Waals surface area contributed by atoms with Crippen LogP contribution in [0.1, 0.15) is 6.42 Å². The number of aliphatic hydroxyl groups excluding tert-OH is 2. The van der Waals surface area contributed by atoms with Gasteiger partial charge in [0.2, 0.25) is 5.91 Å². The maximum atomic E-state index is 10.7. The number of carbonyl (C=O) groups excluding carboxylic acids is 1. The summed E-state index contributed by atoms with van der Waals surface area (Å²) in [5.41, 5.74) is 0. The lowest BCUT2D eigenvalue weighted by Crippen LogP contribution is -2.31. The third-order valence-electron chi connectivity index (χ3n) is 1.65. The van der Waals surface area contributed by atoms with E-state index in [0.717, 1.165) is 0 Å². The molecule has 0 bridgehead atoms. The lowest BCUT2D eigenvalue weighted by atomic mass is 10.3. The third-order valence-corrected chi connectivity index (χ3v) is 1.65. The van der Waals surface area contributed by atoms with Crippen molar-refractivity contribution in [1.82, 2.24) is 4.90 Å². The Kier molecular flexibility index (Phi) is 2.24. The SMILES string of the molecule is O=C(CO)N1CC[C@H](O)C1. The van der Waals surface area contributed by atoms with Gasteiger partial charge in [0.05, 0.1) is 6.10 Å². The van der Waals surface area contributed by atoms with Gasteiger partial charge in [-0.2, -0.15) is 0 Å². The van der Waals surface area contributed by atoms with Crippen molar-refractivity contribution in [2.75, 3.05) is 19.7 Å². The molecule has 0 aliphatic carbocycles. The fraction of sp³-hybridized carbons (Fsp3) is 0.833. The maximum absolute atomic E-state index is 10.7. The summed E-state index contributed by atoms with van der Waals surface area (Å²) in [7, 11) is 0. The topological polar surface area (TPSA) is 60.8 Å². The Bertz CT molecular complexity index is 137. The minimum absolute atomic E-state index is 0.295. The molecule has 1 fully saturated rings. The van der Waals surface area contributed by atoms with Crippen LogP contribution >= 0.6 is 0 Å². The molecule has 1 saturated heterocycles. The van der Waals surface area contributed by atoms with E-state index in [1.54, 1.807) is 0 Å². The number of β-amino-alcohol motifs (C(OH)–C–C–N with tert-alkyl or cyclic N) is 1. The summed E-state index contributed by atoms with van der Waals surface area (Å²) in [5, 5.41) is 17.4. The van der Waals surface area contributed by atoms with Crippen LogP contribution in [0.4, 0.5) is 0 Å². The molecule has 0 aromatic heterocycles. The predicted octanol–water partition coefficient (Wildman–Crippen LogP) is -1.43. The number of aliphatic hydroxyl groups is 2. The van der Waals surface area contributed by atoms with Gasteiger partial charge < -0.3 is 15.1 Å². The van der Waals surface area contributed by atoms with E-state index in [9.17, 15) is 4.79 Å². The molecule has 0 aromatic rings. The van der Waals surface area contributed by atoms with E-state index in [1.807, 2.05) is 0 Å². The molecular formula is C6H11NO3. The van der Waals surface area contributed by atoms with Gasteiger partial charge in [-0.1, -0.05) is 0 Å². The van der Waals surface area contributed by atoms with Crippen molar-refractivity contribution < 1.29 is 15.0 Å². The summed E-state index contributed by atoms with van der Waals surface area (Å²) in [5.74, 6) is -0.295. The minimum atomic E-state index is -0.452. The molecule has 1 rings (SSSR count). The van der Waals surface area contributed by atoms with Crippen molar-refractivity contribution in [2.24, 2.45) is 0 Å². The van der Waals surface area contributed by atoms with Crippen LogP contribution in [0.25, 0.3) is 0 Å². The molecule has 0 aromatic carbocycles. The van der Waals surface area contributed by atoms with Gasteiger partial charge in [-0.15, -0.1) is 0 Å². The Balaban J connectivity index is 2.37. The van der Waals surface area contributed by atoms with Gasteiger partial charge >= 0.3 is 0 Å². The number of rotatable bonds is 1. The summed E-state index contributed by atoms with van der Waals surface area (Å²) in [6.45, 7) is 0.493. The summed E-state index contributed by atoms with van der Waals surface area (Å²) < 4.78 is 0. The van der Waals surface area contributed by atoms with E-state index in [0.29, 0.717) is 19.5 Å². The first kappa shape index (κ1) is 7.50. The van der Waals surface area contributed by atoms with E-state index in [-0.39, 0.29) is 5.91 Å². The maximum Gasteiger partial charge on any atom is 0.248 e. The van der Waals surface area contributed by atoms with Gasteiger partial charge in [-0.3, -0.25) is 4.79 Å². The zero-order chi connectivity index (χ0) is 7.56. The first-order valence-corrected chi connectivity index (χ1v) is 3.30. The number of nitrogens with zero attached hydrogens (tertiary/aromatic N) is 1. The molecule has 0 unspecified atom stereocenters. The smallest absolute Gasteiger partial charge is 0.248 e. The molecule has 4 nitrogen and oxygen atoms in total. The van der Waals surface area contributed by atoms with Crippen molar-refractivity contribution in [3.8, 4) is 0 Å². The highest BCUT2D eigenvalue weighted by molar-refractivity contribution is 5.77. The zero-order valence-corrected chi connectivity index (χ0v) is 5.66. The molecule has 58 valence electrons. The summed E-state index contributed by atoms with van der Waals surface area (Å²) in [6, 6.07) is 0. The quantitative estimate of drug-likeness (QED) is 0.475. The standard InChI is InChI=1S/C6H11NO3/c8-4-6(10)7-2-1-5(9)3-7/h5,8-9H,1-4H2/t5-/m0/s1. The second-order valence-electron chi connectivity index (χ2n) is 2.44. The highest BCUT2D eigenvalue weighted by Gasteiger charge is 2.23. The number of hydrogen-bond donors (Lipinski definition) is 2. The van der Waals surface area contributed by atoms with E-state index in [2.05, 4.69) is 0 Å². The molecule has 0 spiro atoms. The minimum Gasteiger partial charge on any atom is -0.391 e. The largest absolute Gasteiger partial charge is 0.391 e. The van der Waals surface area contributed by atoms with Gasteiger partial charge in [0.25, 0.3) is 0 Å².